The number of rotatable bonds is 1. The lowest BCUT2D eigenvalue weighted by atomic mass is 10.0. The maximum absolute atomic E-state index is 11.5. The molecule has 1 aromatic carbocycles. The van der Waals surface area contributed by atoms with Gasteiger partial charge >= 0.3 is 0 Å². The number of benzene rings is 1. The van der Waals surface area contributed by atoms with Gasteiger partial charge in [-0.1, -0.05) is 18.2 Å². The van der Waals surface area contributed by atoms with Crippen LogP contribution >= 0.6 is 0 Å². The van der Waals surface area contributed by atoms with E-state index >= 15 is 0 Å². The van der Waals surface area contributed by atoms with Crippen molar-refractivity contribution in [1.82, 2.24) is 0 Å². The van der Waals surface area contributed by atoms with Crippen molar-refractivity contribution in [3.63, 3.8) is 0 Å². The molecule has 0 heterocycles. The van der Waals surface area contributed by atoms with Crippen LogP contribution in [0.1, 0.15) is 33.9 Å². The number of fused-ring (bicyclic) bond motifs is 1. The van der Waals surface area contributed by atoms with Gasteiger partial charge in [-0.05, 0) is 11.1 Å². The normalized spacial score (nSPS) is 20.5. The van der Waals surface area contributed by atoms with Crippen molar-refractivity contribution < 1.29 is 9.90 Å². The molecule has 0 radical (unpaired) electrons. The molecule has 1 aromatic rings. The Morgan fingerprint density at radius 2 is 2.31 bits per heavy atom. The molecule has 1 aliphatic rings. The first-order valence-electron chi connectivity index (χ1n) is 4.25. The third-order valence-electron chi connectivity index (χ3n) is 2.44. The number of aliphatic hydroxyl groups excluding tert-OH is 1. The third kappa shape index (κ3) is 1.17. The first kappa shape index (κ1) is 8.41. The Morgan fingerprint density at radius 1 is 1.54 bits per heavy atom. The smallest absolute Gasteiger partial charge is 0.165 e. The Bertz CT molecular complexity index is 360. The van der Waals surface area contributed by atoms with E-state index in [9.17, 15) is 4.79 Å². The fourth-order valence-electron chi connectivity index (χ4n) is 1.81. The van der Waals surface area contributed by atoms with Gasteiger partial charge in [0.1, 0.15) is 0 Å². The Hall–Kier alpha value is -1.19. The number of carbonyl (C=O) groups is 1. The van der Waals surface area contributed by atoms with Crippen molar-refractivity contribution in [3.05, 3.63) is 34.9 Å². The third-order valence-corrected chi connectivity index (χ3v) is 2.44. The lowest BCUT2D eigenvalue weighted by molar-refractivity contribution is 0.0987. The summed E-state index contributed by atoms with van der Waals surface area (Å²) in [5.41, 5.74) is 7.96. The Labute approximate surface area is 76.2 Å². The van der Waals surface area contributed by atoms with Crippen molar-refractivity contribution in [2.24, 2.45) is 5.73 Å². The second kappa shape index (κ2) is 2.94. The first-order valence-corrected chi connectivity index (χ1v) is 4.25. The van der Waals surface area contributed by atoms with Gasteiger partial charge in [0.15, 0.2) is 5.78 Å². The molecule has 1 unspecified atom stereocenters. The molecule has 0 fully saturated rings. The summed E-state index contributed by atoms with van der Waals surface area (Å²) in [6.45, 7) is -0.0956. The zero-order chi connectivity index (χ0) is 9.42. The monoisotopic (exact) mass is 177 g/mol. The minimum atomic E-state index is -0.186. The molecule has 3 nitrogen and oxygen atoms in total. The highest BCUT2D eigenvalue weighted by Crippen LogP contribution is 2.31. The number of carbonyl (C=O) groups excluding carboxylic acids is 1. The molecule has 68 valence electrons. The molecule has 0 aromatic heterocycles. The summed E-state index contributed by atoms with van der Waals surface area (Å²) in [4.78, 5) is 11.5. The maximum atomic E-state index is 11.5. The highest BCUT2D eigenvalue weighted by atomic mass is 16.3. The average molecular weight is 177 g/mol. The predicted octanol–water partition coefficient (Wildman–Crippen LogP) is 0.765. The summed E-state index contributed by atoms with van der Waals surface area (Å²) < 4.78 is 0. The molecule has 2 rings (SSSR count). The zero-order valence-corrected chi connectivity index (χ0v) is 7.16. The summed E-state index contributed by atoms with van der Waals surface area (Å²) in [6, 6.07) is 5.25. The quantitative estimate of drug-likeness (QED) is 0.665. The van der Waals surface area contributed by atoms with Gasteiger partial charge in [0.25, 0.3) is 0 Å². The van der Waals surface area contributed by atoms with Crippen molar-refractivity contribution in [2.45, 2.75) is 19.1 Å². The van der Waals surface area contributed by atoms with Crippen LogP contribution in [-0.2, 0) is 6.61 Å². The van der Waals surface area contributed by atoms with E-state index in [-0.39, 0.29) is 18.4 Å². The molecule has 0 spiro atoms. The van der Waals surface area contributed by atoms with E-state index in [2.05, 4.69) is 0 Å². The zero-order valence-electron chi connectivity index (χ0n) is 7.16. The number of nitrogens with two attached hydrogens (primary N) is 1. The van der Waals surface area contributed by atoms with E-state index in [0.717, 1.165) is 5.56 Å². The van der Waals surface area contributed by atoms with Gasteiger partial charge in [-0.15, -0.1) is 0 Å². The molecule has 0 saturated carbocycles. The van der Waals surface area contributed by atoms with Crippen LogP contribution in [0, 0.1) is 0 Å². The molecule has 0 saturated heterocycles. The lowest BCUT2D eigenvalue weighted by Gasteiger charge is -2.05. The largest absolute Gasteiger partial charge is 0.392 e. The van der Waals surface area contributed by atoms with Gasteiger partial charge in [0, 0.05) is 18.0 Å². The summed E-state index contributed by atoms with van der Waals surface area (Å²) in [7, 11) is 0. The van der Waals surface area contributed by atoms with E-state index in [4.69, 9.17) is 10.8 Å². The molecule has 13 heavy (non-hydrogen) atoms. The van der Waals surface area contributed by atoms with E-state index in [0.29, 0.717) is 17.5 Å². The molecule has 3 heteroatoms. The van der Waals surface area contributed by atoms with E-state index in [1.807, 2.05) is 12.1 Å². The van der Waals surface area contributed by atoms with Crippen LogP contribution in [0.5, 0.6) is 0 Å². The summed E-state index contributed by atoms with van der Waals surface area (Å²) in [5, 5.41) is 9.01. The van der Waals surface area contributed by atoms with Crippen LogP contribution in [0.3, 0.4) is 0 Å². The molecular weight excluding hydrogens is 166 g/mol. The minimum absolute atomic E-state index is 0.0483. The molecule has 3 N–H and O–H groups in total. The highest BCUT2D eigenvalue weighted by Gasteiger charge is 2.28. The summed E-state index contributed by atoms with van der Waals surface area (Å²) >= 11 is 0. The topological polar surface area (TPSA) is 63.3 Å². The second-order valence-electron chi connectivity index (χ2n) is 3.27. The van der Waals surface area contributed by atoms with Gasteiger partial charge in [-0.25, -0.2) is 0 Å². The van der Waals surface area contributed by atoms with Crippen LogP contribution in [0.2, 0.25) is 0 Å². The van der Waals surface area contributed by atoms with Crippen LogP contribution < -0.4 is 5.73 Å². The number of aliphatic hydroxyl groups is 1. The van der Waals surface area contributed by atoms with Gasteiger partial charge in [0.05, 0.1) is 6.61 Å². The van der Waals surface area contributed by atoms with Crippen molar-refractivity contribution in [3.8, 4) is 0 Å². The van der Waals surface area contributed by atoms with Gasteiger partial charge in [-0.3, -0.25) is 4.79 Å². The van der Waals surface area contributed by atoms with Crippen LogP contribution in [0.15, 0.2) is 18.2 Å². The molecule has 0 aliphatic heterocycles. The standard InChI is InChI=1S/C10H11NO2/c11-8-4-9(13)10-6(5-12)2-1-3-7(8)10/h1-3,8,12H,4-5,11H2. The van der Waals surface area contributed by atoms with E-state index < -0.39 is 0 Å². The number of hydrogen-bond acceptors (Lipinski definition) is 3. The number of ketones is 1. The SMILES string of the molecule is NC1CC(=O)c2c(CO)cccc21. The fraction of sp³-hybridized carbons (Fsp3) is 0.300. The molecule has 0 bridgehead atoms. The van der Waals surface area contributed by atoms with Crippen molar-refractivity contribution >= 4 is 5.78 Å². The predicted molar refractivity (Wildman–Crippen MR) is 48.2 cm³/mol. The van der Waals surface area contributed by atoms with Gasteiger partial charge in [-0.2, -0.15) is 0 Å². The Morgan fingerprint density at radius 3 is 3.00 bits per heavy atom. The van der Waals surface area contributed by atoms with E-state index in [1.54, 1.807) is 6.07 Å². The molecular formula is C10H11NO2. The average Bonchev–Trinajstić information content (AvgIpc) is 2.43. The summed E-state index contributed by atoms with van der Waals surface area (Å²) in [6.07, 6.45) is 0.367. The van der Waals surface area contributed by atoms with Crippen LogP contribution in [0.4, 0.5) is 0 Å². The van der Waals surface area contributed by atoms with Crippen molar-refractivity contribution in [1.29, 1.82) is 0 Å². The molecule has 1 aliphatic carbocycles. The van der Waals surface area contributed by atoms with E-state index in [1.165, 1.54) is 0 Å². The Kier molecular flexibility index (Phi) is 1.90. The number of Topliss-reactive ketones (excluding diaryl/α,β-unsaturated/α-hetero) is 1. The van der Waals surface area contributed by atoms with Gasteiger partial charge in [0.2, 0.25) is 0 Å². The van der Waals surface area contributed by atoms with Crippen LogP contribution in [0.25, 0.3) is 0 Å². The van der Waals surface area contributed by atoms with Crippen molar-refractivity contribution in [2.75, 3.05) is 0 Å². The maximum Gasteiger partial charge on any atom is 0.165 e. The number of hydrogen-bond donors (Lipinski definition) is 2. The minimum Gasteiger partial charge on any atom is -0.392 e. The summed E-state index contributed by atoms with van der Waals surface area (Å²) in [5.74, 6) is 0.0483. The first-order chi connectivity index (χ1) is 6.24. The Balaban J connectivity index is 2.62. The second-order valence-corrected chi connectivity index (χ2v) is 3.27. The fourth-order valence-corrected chi connectivity index (χ4v) is 1.81. The molecule has 1 atom stereocenters. The van der Waals surface area contributed by atoms with Crippen LogP contribution in [-0.4, -0.2) is 10.9 Å². The molecule has 0 amide bonds. The lowest BCUT2D eigenvalue weighted by Crippen LogP contribution is -2.05. The highest BCUT2D eigenvalue weighted by molar-refractivity contribution is 6.02. The van der Waals surface area contributed by atoms with Gasteiger partial charge < -0.3 is 10.8 Å².